The van der Waals surface area contributed by atoms with Crippen LogP contribution < -0.4 is 11.1 Å². The summed E-state index contributed by atoms with van der Waals surface area (Å²) in [7, 11) is 0. The molecular weight excluding hydrogens is 156 g/mol. The Balaban J connectivity index is 2.89. The molecule has 0 spiro atoms. The van der Waals surface area contributed by atoms with Gasteiger partial charge in [-0.25, -0.2) is 0 Å². The van der Waals surface area contributed by atoms with Gasteiger partial charge < -0.3 is 5.32 Å². The third-order valence-corrected chi connectivity index (χ3v) is 1.26. The second-order valence-corrected chi connectivity index (χ2v) is 2.20. The molecule has 0 radical (unpaired) electrons. The predicted molar refractivity (Wildman–Crippen MR) is 36.4 cm³/mol. The SMILES string of the molecule is N=C1C=C(Cl)NC(N)[N+]1=O. The van der Waals surface area contributed by atoms with Crippen molar-refractivity contribution in [2.24, 2.45) is 5.73 Å². The largest absolute Gasteiger partial charge is 0.360 e. The van der Waals surface area contributed by atoms with Crippen LogP contribution in [0.15, 0.2) is 11.2 Å². The lowest BCUT2D eigenvalue weighted by molar-refractivity contribution is -0.483. The van der Waals surface area contributed by atoms with Gasteiger partial charge in [-0.05, 0) is 0 Å². The van der Waals surface area contributed by atoms with Crippen LogP contribution in [0, 0.1) is 10.3 Å². The van der Waals surface area contributed by atoms with Gasteiger partial charge in [0, 0.05) is 4.76 Å². The smallest absolute Gasteiger partial charge is 0.322 e. The van der Waals surface area contributed by atoms with Gasteiger partial charge >= 0.3 is 5.84 Å². The van der Waals surface area contributed by atoms with Crippen LogP contribution in [0.4, 0.5) is 0 Å². The van der Waals surface area contributed by atoms with E-state index in [9.17, 15) is 4.91 Å². The lowest BCUT2D eigenvalue weighted by Crippen LogP contribution is -2.49. The van der Waals surface area contributed by atoms with Crippen molar-refractivity contribution < 1.29 is 4.76 Å². The van der Waals surface area contributed by atoms with E-state index in [4.69, 9.17) is 22.7 Å². The van der Waals surface area contributed by atoms with Gasteiger partial charge in [-0.2, -0.15) is 0 Å². The molecule has 1 unspecified atom stereocenters. The molecule has 0 aromatic heterocycles. The van der Waals surface area contributed by atoms with E-state index in [1.165, 1.54) is 6.08 Å². The third kappa shape index (κ3) is 1.14. The minimum Gasteiger partial charge on any atom is -0.322 e. The number of nitrogens with two attached hydrogens (primary N) is 1. The molecule has 0 amide bonds. The lowest BCUT2D eigenvalue weighted by Gasteiger charge is -2.12. The number of nitrogens with zero attached hydrogens (tertiary/aromatic N) is 1. The number of hydrogen-bond acceptors (Lipinski definition) is 4. The summed E-state index contributed by atoms with van der Waals surface area (Å²) in [6, 6.07) is 0. The molecule has 0 saturated heterocycles. The van der Waals surface area contributed by atoms with Crippen molar-refractivity contribution in [2.45, 2.75) is 6.29 Å². The molecule has 6 heteroatoms. The number of nitroso groups, excluding NO2 is 1. The Kier molecular flexibility index (Phi) is 1.69. The first-order valence-corrected chi connectivity index (χ1v) is 2.93. The molecule has 0 aliphatic carbocycles. The van der Waals surface area contributed by atoms with Gasteiger partial charge in [0.25, 0.3) is 6.29 Å². The number of hydrogen-bond donors (Lipinski definition) is 3. The highest BCUT2D eigenvalue weighted by molar-refractivity contribution is 6.30. The molecule has 5 nitrogen and oxygen atoms in total. The van der Waals surface area contributed by atoms with Crippen molar-refractivity contribution in [1.82, 2.24) is 5.32 Å². The maximum absolute atomic E-state index is 10.7. The molecule has 1 heterocycles. The normalized spacial score (nSPS) is 25.8. The van der Waals surface area contributed by atoms with Crippen LogP contribution in [0.3, 0.4) is 0 Å². The number of rotatable bonds is 0. The van der Waals surface area contributed by atoms with E-state index in [0.29, 0.717) is 4.76 Å². The van der Waals surface area contributed by atoms with E-state index in [1.54, 1.807) is 0 Å². The van der Waals surface area contributed by atoms with Gasteiger partial charge in [-0.15, -0.1) is 0 Å². The van der Waals surface area contributed by atoms with E-state index >= 15 is 0 Å². The molecule has 0 fully saturated rings. The van der Waals surface area contributed by atoms with Crippen molar-refractivity contribution in [3.63, 3.8) is 0 Å². The number of amidine groups is 1. The Morgan fingerprint density at radius 2 is 2.50 bits per heavy atom. The highest BCUT2D eigenvalue weighted by Crippen LogP contribution is 2.03. The summed E-state index contributed by atoms with van der Waals surface area (Å²) < 4.78 is 0.325. The fourth-order valence-electron chi connectivity index (χ4n) is 0.575. The minimum atomic E-state index is -0.940. The van der Waals surface area contributed by atoms with Crippen molar-refractivity contribution in [2.75, 3.05) is 0 Å². The Morgan fingerprint density at radius 3 is 3.00 bits per heavy atom. The van der Waals surface area contributed by atoms with Crippen LogP contribution >= 0.6 is 11.6 Å². The number of halogens is 1. The first kappa shape index (κ1) is 7.17. The van der Waals surface area contributed by atoms with Gasteiger partial charge in [0.05, 0.1) is 6.08 Å². The van der Waals surface area contributed by atoms with Crippen molar-refractivity contribution in [3.05, 3.63) is 16.1 Å². The highest BCUT2D eigenvalue weighted by Gasteiger charge is 2.26. The second kappa shape index (κ2) is 2.36. The summed E-state index contributed by atoms with van der Waals surface area (Å²) in [5, 5.41) is 9.64. The fraction of sp³-hybridized carbons (Fsp3) is 0.250. The van der Waals surface area contributed by atoms with E-state index < -0.39 is 6.29 Å². The van der Waals surface area contributed by atoms with Gasteiger partial charge in [0.1, 0.15) is 5.16 Å². The van der Waals surface area contributed by atoms with Crippen LogP contribution in [0.25, 0.3) is 0 Å². The van der Waals surface area contributed by atoms with Crippen LogP contribution in [-0.4, -0.2) is 16.9 Å². The van der Waals surface area contributed by atoms with E-state index in [1.807, 2.05) is 0 Å². The van der Waals surface area contributed by atoms with Crippen LogP contribution in [0.2, 0.25) is 0 Å². The van der Waals surface area contributed by atoms with Crippen LogP contribution in [0.1, 0.15) is 0 Å². The van der Waals surface area contributed by atoms with Gasteiger partial charge in [0.2, 0.25) is 0 Å². The van der Waals surface area contributed by atoms with E-state index in [-0.39, 0.29) is 11.0 Å². The maximum Gasteiger partial charge on any atom is 0.360 e. The Hall–Kier alpha value is -0.940. The average molecular weight is 162 g/mol. The zero-order chi connectivity index (χ0) is 7.72. The van der Waals surface area contributed by atoms with Crippen LogP contribution in [0.5, 0.6) is 0 Å². The molecule has 0 saturated carbocycles. The quantitative estimate of drug-likeness (QED) is 0.336. The molecule has 1 atom stereocenters. The summed E-state index contributed by atoms with van der Waals surface area (Å²) in [6.45, 7) is 0. The molecule has 0 aromatic rings. The summed E-state index contributed by atoms with van der Waals surface area (Å²) in [5.74, 6) is -0.240. The van der Waals surface area contributed by atoms with Gasteiger partial charge in [-0.1, -0.05) is 21.9 Å². The third-order valence-electron chi connectivity index (χ3n) is 1.04. The standard InChI is InChI=1S/C4H6ClN4O/c5-2-1-3(6)9(10)4(7)8-2/h1,4,6,8H,7H2/q+1. The molecule has 1 rings (SSSR count). The zero-order valence-electron chi connectivity index (χ0n) is 4.97. The molecule has 0 aromatic carbocycles. The molecule has 4 N–H and O–H groups in total. The average Bonchev–Trinajstić information content (AvgIpc) is 1.82. The lowest BCUT2D eigenvalue weighted by atomic mass is 10.4. The van der Waals surface area contributed by atoms with E-state index in [0.717, 1.165) is 0 Å². The van der Waals surface area contributed by atoms with Crippen LogP contribution in [-0.2, 0) is 0 Å². The predicted octanol–water partition coefficient (Wildman–Crippen LogP) is -0.332. The Bertz CT molecular complexity index is 223. The van der Waals surface area contributed by atoms with Gasteiger partial charge in [-0.3, -0.25) is 5.73 Å². The van der Waals surface area contributed by atoms with Crippen molar-refractivity contribution >= 4 is 17.4 Å². The molecule has 1 aliphatic rings. The topological polar surface area (TPSA) is 82.0 Å². The Labute approximate surface area is 61.9 Å². The summed E-state index contributed by atoms with van der Waals surface area (Å²) in [5.41, 5.74) is 5.20. The van der Waals surface area contributed by atoms with Crippen molar-refractivity contribution in [1.29, 1.82) is 5.41 Å². The summed E-state index contributed by atoms with van der Waals surface area (Å²) in [6.07, 6.45) is 0.253. The molecule has 54 valence electrons. The second-order valence-electron chi connectivity index (χ2n) is 1.79. The number of nitrogens with one attached hydrogen (secondary N) is 2. The molecule has 10 heavy (non-hydrogen) atoms. The minimum absolute atomic E-state index is 0.213. The first-order valence-electron chi connectivity index (χ1n) is 2.55. The van der Waals surface area contributed by atoms with E-state index in [2.05, 4.69) is 5.32 Å². The first-order chi connectivity index (χ1) is 4.61. The van der Waals surface area contributed by atoms with Crippen molar-refractivity contribution in [3.8, 4) is 0 Å². The fourth-order valence-corrected chi connectivity index (χ4v) is 0.790. The summed E-state index contributed by atoms with van der Waals surface area (Å²) in [4.78, 5) is 10.7. The zero-order valence-corrected chi connectivity index (χ0v) is 5.72. The Morgan fingerprint density at radius 1 is 1.90 bits per heavy atom. The molecular formula is C4H6ClN4O+. The van der Waals surface area contributed by atoms with Gasteiger partial charge in [0.15, 0.2) is 0 Å². The molecule has 1 aliphatic heterocycles. The molecule has 0 bridgehead atoms. The summed E-state index contributed by atoms with van der Waals surface area (Å²) >= 11 is 5.44. The monoisotopic (exact) mass is 161 g/mol. The maximum atomic E-state index is 10.7. The highest BCUT2D eigenvalue weighted by atomic mass is 35.5.